The third-order valence-corrected chi connectivity index (χ3v) is 5.46. The molecule has 1 amide bonds. The summed E-state index contributed by atoms with van der Waals surface area (Å²) >= 11 is 6.23. The van der Waals surface area contributed by atoms with Gasteiger partial charge in [-0.1, -0.05) is 36.7 Å². The molecule has 0 radical (unpaired) electrons. The molecule has 7 heteroatoms. The zero-order valence-corrected chi connectivity index (χ0v) is 15.8. The standard InChI is InChI=1S/C19H22ClN3O3/c1-11-8-22(10-15(11)19(25)26)18(24)17-12(2)21-23(13(17)3)9-14-6-4-5-7-16(14)20/h4-7,11,15H,8-10H2,1-3H3,(H,25,26)/t11-,15-/m1/s1. The molecule has 1 aromatic heterocycles. The lowest BCUT2D eigenvalue weighted by Crippen LogP contribution is -2.30. The van der Waals surface area contributed by atoms with Gasteiger partial charge in [-0.25, -0.2) is 0 Å². The van der Waals surface area contributed by atoms with E-state index in [1.807, 2.05) is 38.1 Å². The van der Waals surface area contributed by atoms with Gasteiger partial charge in [-0.3, -0.25) is 14.3 Å². The Morgan fingerprint density at radius 1 is 1.27 bits per heavy atom. The zero-order chi connectivity index (χ0) is 19.0. The minimum Gasteiger partial charge on any atom is -0.481 e. The van der Waals surface area contributed by atoms with Crippen LogP contribution < -0.4 is 0 Å². The van der Waals surface area contributed by atoms with Gasteiger partial charge in [-0.15, -0.1) is 0 Å². The van der Waals surface area contributed by atoms with Gasteiger partial charge < -0.3 is 10.0 Å². The van der Waals surface area contributed by atoms with Crippen molar-refractivity contribution in [3.63, 3.8) is 0 Å². The van der Waals surface area contributed by atoms with Crippen molar-refractivity contribution in [2.45, 2.75) is 27.3 Å². The Bertz CT molecular complexity index is 862. The van der Waals surface area contributed by atoms with Crippen LogP contribution in [0.2, 0.25) is 5.02 Å². The Hall–Kier alpha value is -2.34. The minimum absolute atomic E-state index is 0.0600. The van der Waals surface area contributed by atoms with E-state index < -0.39 is 11.9 Å². The maximum atomic E-state index is 13.0. The first-order valence-corrected chi connectivity index (χ1v) is 8.97. The summed E-state index contributed by atoms with van der Waals surface area (Å²) in [7, 11) is 0. The van der Waals surface area contributed by atoms with Crippen LogP contribution in [0.25, 0.3) is 0 Å². The Morgan fingerprint density at radius 2 is 1.96 bits per heavy atom. The molecule has 6 nitrogen and oxygen atoms in total. The van der Waals surface area contributed by atoms with Gasteiger partial charge in [0.15, 0.2) is 0 Å². The van der Waals surface area contributed by atoms with Crippen LogP contribution in [-0.2, 0) is 11.3 Å². The van der Waals surface area contributed by atoms with Crippen molar-refractivity contribution in [2.75, 3.05) is 13.1 Å². The molecule has 0 aliphatic carbocycles. The van der Waals surface area contributed by atoms with Crippen molar-refractivity contribution in [2.24, 2.45) is 11.8 Å². The van der Waals surface area contributed by atoms with Crippen LogP contribution in [0.15, 0.2) is 24.3 Å². The summed E-state index contributed by atoms with van der Waals surface area (Å²) in [5.41, 5.74) is 2.89. The fourth-order valence-corrected chi connectivity index (χ4v) is 3.76. The van der Waals surface area contributed by atoms with Gasteiger partial charge in [-0.2, -0.15) is 5.10 Å². The molecule has 138 valence electrons. The summed E-state index contributed by atoms with van der Waals surface area (Å²) in [6.45, 7) is 6.70. The number of hydrogen-bond donors (Lipinski definition) is 1. The lowest BCUT2D eigenvalue weighted by molar-refractivity contribution is -0.142. The second-order valence-corrected chi connectivity index (χ2v) is 7.33. The molecule has 2 atom stereocenters. The lowest BCUT2D eigenvalue weighted by atomic mass is 9.99. The maximum absolute atomic E-state index is 13.0. The van der Waals surface area contributed by atoms with Crippen molar-refractivity contribution < 1.29 is 14.7 Å². The summed E-state index contributed by atoms with van der Waals surface area (Å²) in [5.74, 6) is -1.58. The van der Waals surface area contributed by atoms with E-state index in [4.69, 9.17) is 11.6 Å². The number of aliphatic carboxylic acids is 1. The molecule has 26 heavy (non-hydrogen) atoms. The summed E-state index contributed by atoms with van der Waals surface area (Å²) in [5, 5.41) is 14.5. The summed E-state index contributed by atoms with van der Waals surface area (Å²) in [6, 6.07) is 7.54. The number of aryl methyl sites for hydroxylation is 1. The fourth-order valence-electron chi connectivity index (χ4n) is 3.56. The first-order valence-electron chi connectivity index (χ1n) is 8.59. The number of carboxylic acids is 1. The van der Waals surface area contributed by atoms with E-state index in [-0.39, 0.29) is 18.4 Å². The smallest absolute Gasteiger partial charge is 0.308 e. The number of halogens is 1. The van der Waals surface area contributed by atoms with Crippen molar-refractivity contribution in [3.05, 3.63) is 51.8 Å². The highest BCUT2D eigenvalue weighted by Crippen LogP contribution is 2.27. The van der Waals surface area contributed by atoms with E-state index >= 15 is 0 Å². The van der Waals surface area contributed by atoms with E-state index in [2.05, 4.69) is 5.10 Å². The predicted octanol–water partition coefficient (Wildman–Crippen LogP) is 2.99. The number of rotatable bonds is 4. The van der Waals surface area contributed by atoms with Crippen LogP contribution in [0.4, 0.5) is 0 Å². The number of carbonyl (C=O) groups excluding carboxylic acids is 1. The molecular formula is C19H22ClN3O3. The van der Waals surface area contributed by atoms with Crippen molar-refractivity contribution >= 4 is 23.5 Å². The normalized spacial score (nSPS) is 19.8. The molecule has 0 spiro atoms. The zero-order valence-electron chi connectivity index (χ0n) is 15.1. The molecule has 3 rings (SSSR count). The Morgan fingerprint density at radius 3 is 2.58 bits per heavy atom. The summed E-state index contributed by atoms with van der Waals surface area (Å²) < 4.78 is 1.78. The van der Waals surface area contributed by atoms with Gasteiger partial charge in [0.1, 0.15) is 0 Å². The Balaban J connectivity index is 1.85. The number of amides is 1. The minimum atomic E-state index is -0.851. The molecule has 2 heterocycles. The molecule has 1 fully saturated rings. The maximum Gasteiger partial charge on any atom is 0.308 e. The van der Waals surface area contributed by atoms with Gasteiger partial charge in [0.25, 0.3) is 5.91 Å². The molecule has 1 aliphatic rings. The van der Waals surface area contributed by atoms with E-state index in [9.17, 15) is 14.7 Å². The van der Waals surface area contributed by atoms with Crippen LogP contribution >= 0.6 is 11.6 Å². The van der Waals surface area contributed by atoms with Gasteiger partial charge in [0.2, 0.25) is 0 Å². The van der Waals surface area contributed by atoms with E-state index in [0.29, 0.717) is 29.4 Å². The topological polar surface area (TPSA) is 75.4 Å². The number of aromatic nitrogens is 2. The number of carbonyl (C=O) groups is 2. The third kappa shape index (κ3) is 3.33. The molecule has 0 bridgehead atoms. The average Bonchev–Trinajstić information content (AvgIpc) is 3.10. The van der Waals surface area contributed by atoms with E-state index in [1.54, 1.807) is 16.5 Å². The average molecular weight is 376 g/mol. The molecule has 1 saturated heterocycles. The van der Waals surface area contributed by atoms with Crippen LogP contribution in [0, 0.1) is 25.7 Å². The molecular weight excluding hydrogens is 354 g/mol. The second kappa shape index (κ2) is 7.11. The number of carboxylic acid groups (broad SMARTS) is 1. The van der Waals surface area contributed by atoms with Crippen molar-refractivity contribution in [1.82, 2.24) is 14.7 Å². The quantitative estimate of drug-likeness (QED) is 0.891. The fraction of sp³-hybridized carbons (Fsp3) is 0.421. The summed E-state index contributed by atoms with van der Waals surface area (Å²) in [4.78, 5) is 25.9. The molecule has 1 aromatic carbocycles. The second-order valence-electron chi connectivity index (χ2n) is 6.93. The van der Waals surface area contributed by atoms with Crippen LogP contribution in [0.5, 0.6) is 0 Å². The van der Waals surface area contributed by atoms with Gasteiger partial charge in [-0.05, 0) is 31.4 Å². The van der Waals surface area contributed by atoms with Crippen LogP contribution in [0.3, 0.4) is 0 Å². The highest BCUT2D eigenvalue weighted by molar-refractivity contribution is 6.31. The lowest BCUT2D eigenvalue weighted by Gasteiger charge is -2.16. The van der Waals surface area contributed by atoms with Gasteiger partial charge in [0.05, 0.1) is 23.7 Å². The molecule has 0 saturated carbocycles. The Labute approximate surface area is 157 Å². The van der Waals surface area contributed by atoms with Crippen LogP contribution in [-0.4, -0.2) is 44.8 Å². The highest BCUT2D eigenvalue weighted by atomic mass is 35.5. The SMILES string of the molecule is Cc1nn(Cc2ccccc2Cl)c(C)c1C(=O)N1C[C@@H](C)[C@H](C(=O)O)C1. The first-order chi connectivity index (χ1) is 12.3. The molecule has 1 N–H and O–H groups in total. The summed E-state index contributed by atoms with van der Waals surface area (Å²) in [6.07, 6.45) is 0. The monoisotopic (exact) mass is 375 g/mol. The van der Waals surface area contributed by atoms with Crippen molar-refractivity contribution in [3.8, 4) is 0 Å². The highest BCUT2D eigenvalue weighted by Gasteiger charge is 2.38. The number of nitrogens with zero attached hydrogens (tertiary/aromatic N) is 3. The largest absolute Gasteiger partial charge is 0.481 e. The number of benzene rings is 1. The number of hydrogen-bond acceptors (Lipinski definition) is 3. The molecule has 0 unspecified atom stereocenters. The van der Waals surface area contributed by atoms with Crippen LogP contribution in [0.1, 0.15) is 34.2 Å². The Kier molecular flexibility index (Phi) is 5.05. The van der Waals surface area contributed by atoms with Crippen molar-refractivity contribution in [1.29, 1.82) is 0 Å². The molecule has 2 aromatic rings. The third-order valence-electron chi connectivity index (χ3n) is 5.09. The molecule has 1 aliphatic heterocycles. The van der Waals surface area contributed by atoms with Gasteiger partial charge in [0, 0.05) is 23.8 Å². The first kappa shape index (κ1) is 18.5. The van der Waals surface area contributed by atoms with Gasteiger partial charge >= 0.3 is 5.97 Å². The number of likely N-dealkylation sites (tertiary alicyclic amines) is 1. The predicted molar refractivity (Wildman–Crippen MR) is 98.4 cm³/mol. The van der Waals surface area contributed by atoms with E-state index in [1.165, 1.54) is 0 Å². The van der Waals surface area contributed by atoms with E-state index in [0.717, 1.165) is 11.3 Å².